The number of hydrogen-bond acceptors (Lipinski definition) is 3. The summed E-state index contributed by atoms with van der Waals surface area (Å²) in [6.07, 6.45) is 8.47. The largest absolute Gasteiger partial charge is 0.368 e. The van der Waals surface area contributed by atoms with Crippen LogP contribution in [0.4, 0.5) is 10.1 Å². The van der Waals surface area contributed by atoms with Crippen LogP contribution in [0.1, 0.15) is 51.4 Å². The number of amides is 2. The average molecular weight is 428 g/mol. The summed E-state index contributed by atoms with van der Waals surface area (Å²) in [5.41, 5.74) is 0.899. The third-order valence-corrected chi connectivity index (χ3v) is 8.20. The number of nitrogens with zero attached hydrogens (tertiary/aromatic N) is 2. The monoisotopic (exact) mass is 427 g/mol. The molecule has 4 bridgehead atoms. The van der Waals surface area contributed by atoms with E-state index >= 15 is 0 Å². The van der Waals surface area contributed by atoms with Gasteiger partial charge in [-0.05, 0) is 87.0 Å². The van der Waals surface area contributed by atoms with Crippen LogP contribution in [0.2, 0.25) is 0 Å². The lowest BCUT2D eigenvalue weighted by Crippen LogP contribution is -2.53. The van der Waals surface area contributed by atoms with Crippen molar-refractivity contribution in [2.75, 3.05) is 37.6 Å². The topological polar surface area (TPSA) is 52.7 Å². The van der Waals surface area contributed by atoms with E-state index in [0.717, 1.165) is 55.8 Å². The van der Waals surface area contributed by atoms with Gasteiger partial charge in [0.2, 0.25) is 11.8 Å². The zero-order valence-electron chi connectivity index (χ0n) is 18.3. The number of hydrogen-bond donors (Lipinski definition) is 1. The number of halogens is 1. The molecule has 5 nitrogen and oxygen atoms in total. The van der Waals surface area contributed by atoms with Crippen LogP contribution in [0.3, 0.4) is 0 Å². The normalized spacial score (nSPS) is 31.7. The van der Waals surface area contributed by atoms with Gasteiger partial charge >= 0.3 is 0 Å². The van der Waals surface area contributed by atoms with Crippen LogP contribution in [-0.2, 0) is 9.59 Å². The fourth-order valence-corrected chi connectivity index (χ4v) is 7.04. The van der Waals surface area contributed by atoms with Crippen molar-refractivity contribution in [2.24, 2.45) is 23.2 Å². The van der Waals surface area contributed by atoms with E-state index in [0.29, 0.717) is 32.5 Å². The molecule has 1 aromatic carbocycles. The average Bonchev–Trinajstić information content (AvgIpc) is 2.76. The molecule has 1 heterocycles. The van der Waals surface area contributed by atoms with Crippen molar-refractivity contribution < 1.29 is 14.0 Å². The molecule has 31 heavy (non-hydrogen) atoms. The molecule has 2 amide bonds. The van der Waals surface area contributed by atoms with Gasteiger partial charge in [-0.2, -0.15) is 0 Å². The molecule has 0 spiro atoms. The fraction of sp³-hybridized carbons (Fsp3) is 0.680. The Kier molecular flexibility index (Phi) is 5.65. The number of nitrogens with one attached hydrogen (secondary N) is 1. The number of anilines is 1. The summed E-state index contributed by atoms with van der Waals surface area (Å²) in [5.74, 6) is 2.51. The maximum atomic E-state index is 13.1. The molecular weight excluding hydrogens is 393 g/mol. The molecule has 6 rings (SSSR count). The Balaban J connectivity index is 1.03. The summed E-state index contributed by atoms with van der Waals surface area (Å²) in [5, 5.41) is 3.18. The van der Waals surface area contributed by atoms with Crippen LogP contribution in [0, 0.1) is 29.0 Å². The van der Waals surface area contributed by atoms with E-state index in [4.69, 9.17) is 0 Å². The van der Waals surface area contributed by atoms with Crippen molar-refractivity contribution in [1.29, 1.82) is 0 Å². The smallest absolute Gasteiger partial charge is 0.226 e. The molecule has 6 heteroatoms. The van der Waals surface area contributed by atoms with Gasteiger partial charge in [-0.3, -0.25) is 9.59 Å². The van der Waals surface area contributed by atoms with Crippen molar-refractivity contribution >= 4 is 17.5 Å². The summed E-state index contributed by atoms with van der Waals surface area (Å²) < 4.78 is 13.1. The third kappa shape index (κ3) is 4.31. The first kappa shape index (κ1) is 20.8. The second-order valence-corrected chi connectivity index (χ2v) is 10.4. The first-order chi connectivity index (χ1) is 15.0. The van der Waals surface area contributed by atoms with Crippen LogP contribution in [0.5, 0.6) is 0 Å². The molecule has 5 aliphatic rings. The van der Waals surface area contributed by atoms with Crippen molar-refractivity contribution in [3.8, 4) is 0 Å². The van der Waals surface area contributed by atoms with Crippen LogP contribution in [-0.4, -0.2) is 49.4 Å². The van der Waals surface area contributed by atoms with Crippen molar-refractivity contribution in [2.45, 2.75) is 51.4 Å². The Bertz CT molecular complexity index is 781. The molecule has 0 unspecified atom stereocenters. The fourth-order valence-electron chi connectivity index (χ4n) is 7.04. The molecule has 1 aliphatic heterocycles. The van der Waals surface area contributed by atoms with E-state index in [-0.39, 0.29) is 23.0 Å². The van der Waals surface area contributed by atoms with Crippen LogP contribution < -0.4 is 10.2 Å². The summed E-state index contributed by atoms with van der Waals surface area (Å²) >= 11 is 0. The number of piperazine rings is 1. The van der Waals surface area contributed by atoms with Crippen LogP contribution >= 0.6 is 0 Å². The predicted octanol–water partition coefficient (Wildman–Crippen LogP) is 3.59. The summed E-state index contributed by atoms with van der Waals surface area (Å²) in [6, 6.07) is 6.54. The minimum Gasteiger partial charge on any atom is -0.368 e. The van der Waals surface area contributed by atoms with Crippen molar-refractivity contribution in [1.82, 2.24) is 10.2 Å². The van der Waals surface area contributed by atoms with Gasteiger partial charge in [0.25, 0.3) is 0 Å². The van der Waals surface area contributed by atoms with E-state index in [1.165, 1.54) is 31.4 Å². The number of rotatable bonds is 6. The molecule has 0 radical (unpaired) electrons. The zero-order valence-corrected chi connectivity index (χ0v) is 18.3. The Hall–Kier alpha value is -2.11. The highest BCUT2D eigenvalue weighted by molar-refractivity contribution is 5.83. The van der Waals surface area contributed by atoms with Gasteiger partial charge in [0.1, 0.15) is 5.82 Å². The Morgan fingerprint density at radius 1 is 0.935 bits per heavy atom. The van der Waals surface area contributed by atoms with Gasteiger partial charge in [0.15, 0.2) is 0 Å². The molecule has 0 aromatic heterocycles. The molecular formula is C25H34FN3O2. The molecule has 4 aliphatic carbocycles. The second-order valence-electron chi connectivity index (χ2n) is 10.4. The zero-order chi connectivity index (χ0) is 21.4. The Morgan fingerprint density at radius 3 is 2.10 bits per heavy atom. The predicted molar refractivity (Wildman–Crippen MR) is 118 cm³/mol. The maximum absolute atomic E-state index is 13.1. The van der Waals surface area contributed by atoms with Gasteiger partial charge in [0.05, 0.1) is 0 Å². The molecule has 5 fully saturated rings. The van der Waals surface area contributed by atoms with Crippen molar-refractivity contribution in [3.05, 3.63) is 30.1 Å². The van der Waals surface area contributed by atoms with E-state index in [2.05, 4.69) is 10.2 Å². The standard InChI is InChI=1S/C25H34FN3O2/c26-21-3-5-22(6-4-21)28-8-10-29(11-9-28)23(30)2-1-7-27-24(31)25-15-18-12-19(16-25)14-20(13-18)17-25/h3-6,18-20H,1-2,7-17H2,(H,27,31). The minimum absolute atomic E-state index is 0.102. The van der Waals surface area contributed by atoms with Gasteiger partial charge < -0.3 is 15.1 Å². The highest BCUT2D eigenvalue weighted by Crippen LogP contribution is 2.60. The first-order valence-corrected chi connectivity index (χ1v) is 12.1. The SMILES string of the molecule is O=C(CCCNC(=O)C12CC3CC(CC(C3)C1)C2)N1CCN(c2ccc(F)cc2)CC1. The minimum atomic E-state index is -0.229. The molecule has 1 aromatic rings. The summed E-state index contributed by atoms with van der Waals surface area (Å²) in [6.45, 7) is 3.51. The van der Waals surface area contributed by atoms with Crippen LogP contribution in [0.15, 0.2) is 24.3 Å². The van der Waals surface area contributed by atoms with E-state index in [1.54, 1.807) is 12.1 Å². The molecule has 4 saturated carbocycles. The third-order valence-electron chi connectivity index (χ3n) is 8.20. The number of carbonyl (C=O) groups is 2. The Labute approximate surface area is 184 Å². The highest BCUT2D eigenvalue weighted by atomic mass is 19.1. The van der Waals surface area contributed by atoms with E-state index in [9.17, 15) is 14.0 Å². The van der Waals surface area contributed by atoms with Crippen molar-refractivity contribution in [3.63, 3.8) is 0 Å². The lowest BCUT2D eigenvalue weighted by molar-refractivity contribution is -0.146. The lowest BCUT2D eigenvalue weighted by atomic mass is 9.49. The summed E-state index contributed by atoms with van der Waals surface area (Å²) in [7, 11) is 0. The van der Waals surface area contributed by atoms with E-state index in [1.807, 2.05) is 4.90 Å². The van der Waals surface area contributed by atoms with Crippen LogP contribution in [0.25, 0.3) is 0 Å². The number of benzene rings is 1. The summed E-state index contributed by atoms with van der Waals surface area (Å²) in [4.78, 5) is 29.7. The van der Waals surface area contributed by atoms with Gasteiger partial charge in [-0.1, -0.05) is 0 Å². The van der Waals surface area contributed by atoms with Gasteiger partial charge in [-0.15, -0.1) is 0 Å². The van der Waals surface area contributed by atoms with Gasteiger partial charge in [-0.25, -0.2) is 4.39 Å². The maximum Gasteiger partial charge on any atom is 0.226 e. The van der Waals surface area contributed by atoms with E-state index < -0.39 is 0 Å². The molecule has 1 N–H and O–H groups in total. The van der Waals surface area contributed by atoms with Gasteiger partial charge in [0, 0.05) is 50.2 Å². The quantitative estimate of drug-likeness (QED) is 0.706. The Morgan fingerprint density at radius 2 is 1.52 bits per heavy atom. The first-order valence-electron chi connectivity index (χ1n) is 12.1. The molecule has 0 atom stereocenters. The lowest BCUT2D eigenvalue weighted by Gasteiger charge is -2.55. The highest BCUT2D eigenvalue weighted by Gasteiger charge is 2.54. The molecule has 168 valence electrons. The second kappa shape index (κ2) is 8.44. The molecule has 1 saturated heterocycles. The number of carbonyl (C=O) groups excluding carboxylic acids is 2.